The predicted molar refractivity (Wildman–Crippen MR) is 265 cm³/mol. The molecule has 5 aliphatic rings. The van der Waals surface area contributed by atoms with Gasteiger partial charge in [-0.15, -0.1) is 0 Å². The maximum atomic E-state index is 14.8. The summed E-state index contributed by atoms with van der Waals surface area (Å²) < 4.78 is 303. The molecular weight excluding hydrogens is 1540 g/mol. The van der Waals surface area contributed by atoms with Gasteiger partial charge in [-0.05, 0) is 99.5 Å². The Morgan fingerprint density at radius 1 is 0.312 bits per heavy atom. The van der Waals surface area contributed by atoms with E-state index in [-0.39, 0.29) is 285 Å². The van der Waals surface area contributed by atoms with Crippen LogP contribution in [0.15, 0.2) is 63.5 Å². The molecule has 472 valence electrons. The molecule has 52 heteroatoms. The fourth-order valence-electron chi connectivity index (χ4n) is 10.9. The van der Waals surface area contributed by atoms with Crippen molar-refractivity contribution in [2.24, 2.45) is 0 Å². The number of benzene rings is 4. The maximum Gasteiger partial charge on any atom is 1.00 e. The molecule has 0 fully saturated rings. The Hall–Kier alpha value is 0.840. The second-order valence-corrected chi connectivity index (χ2v) is 30.8. The predicted octanol–water partition coefficient (Wildman–Crippen LogP) is -30.3. The van der Waals surface area contributed by atoms with E-state index in [1.807, 2.05) is 0 Å². The molecule has 4 unspecified atom stereocenters. The number of aliphatic hydroxyl groups is 4. The van der Waals surface area contributed by atoms with E-state index in [2.05, 4.69) is 0 Å². The van der Waals surface area contributed by atoms with Crippen molar-refractivity contribution < 1.29 is 400 Å². The molecule has 0 aliphatic heterocycles. The number of Topliss-reactive ketones (excluding diaryl/α,β-unsaturated/α-hetero) is 4. The standard InChI is InChI=1S/C44H32O36S8.8Na/c45-33-17-9-18-22(82(60,61)62)2-14-7-27(87(75,76)77)43(55,39(51)30(14)34(18)46)12-44(56)28(88(78,79)80)8-16-4-24(84(66,67)68)20(36(48)32(16)40(44)52)11-42(54)26(86(72,73)74)6-15-3-23(83(63,64)65)19(35(47)31(15)38(42)50)10-41(53)25(85(69,70)71)5-13(29(33)37(41)49)1-21(17)81(57,58)59;;;;;;;;/h1-8,45-48,53-56H,9-12H2,(H,57,58,59)(H,60,61,62)(H,63,64,65)(H,66,67,68)(H,69,70,71)(H,72,73,74)(H,75,76,77)(H,78,79,80);;;;;;;;/q;8*+1/p-8. The molecule has 0 spiro atoms. The minimum atomic E-state index is -6.58. The van der Waals surface area contributed by atoms with Gasteiger partial charge in [0, 0.05) is 41.5 Å². The Kier molecular flexibility index (Phi) is 29.9. The van der Waals surface area contributed by atoms with E-state index in [1.165, 1.54) is 0 Å². The summed E-state index contributed by atoms with van der Waals surface area (Å²) in [5.74, 6) is -20.9. The fraction of sp³-hybridized carbons (Fsp3) is 0.182. The molecule has 0 radical (unpaired) electrons. The maximum absolute atomic E-state index is 14.8. The molecule has 4 atom stereocenters. The van der Waals surface area contributed by atoms with Crippen LogP contribution >= 0.6 is 0 Å². The van der Waals surface area contributed by atoms with Crippen LogP contribution in [0.1, 0.15) is 92.4 Å². The first-order valence-electron chi connectivity index (χ1n) is 22.7. The SMILES string of the molecule is O=C1c2c3cc(S(=O)(=O)[O-])c(c2[O-])Cc2c(S(=O)(=O)[O-])cc4c(c2[O-])C(=O)C(O)(CC2(O)C(=O)c5c(cc(S(=O)(=O)[O-])c(c5[O-])CC5(O)C(=O)c6c(cc(S(=O)(=O)[O-])c(c6[O-])CC1(O)C(S(=O)(=O)O)=C3)C=C5S(=O)(=O)O)C=C2S(=O)(=O)O)C(S(=O)(=O)O)=C4.[Na+].[Na+].[Na+].[Na+].[Na+].[Na+].[Na+].[Na+]. The summed E-state index contributed by atoms with van der Waals surface area (Å²) in [6, 6.07) is -0.957. The summed E-state index contributed by atoms with van der Waals surface area (Å²) >= 11 is 0. The number of fused-ring (bicyclic) bond motifs is 8. The van der Waals surface area contributed by atoms with E-state index < -0.39 is 281 Å². The number of carbonyl (C=O) groups is 4. The molecule has 0 saturated heterocycles. The van der Waals surface area contributed by atoms with E-state index in [9.17, 15) is 164 Å². The number of hydrogen-bond acceptors (Lipinski definition) is 32. The summed E-state index contributed by atoms with van der Waals surface area (Å²) in [6.07, 6.45) is -11.5. The molecule has 12 bridgehead atoms. The quantitative estimate of drug-likeness (QED) is 0.0600. The van der Waals surface area contributed by atoms with E-state index in [0.29, 0.717) is 0 Å². The summed E-state index contributed by atoms with van der Waals surface area (Å²) in [4.78, 5) is 41.2. The number of carbonyl (C=O) groups excluding carboxylic acids is 4. The first kappa shape index (κ1) is 94.9. The summed E-state index contributed by atoms with van der Waals surface area (Å²) in [5.41, 5.74) is -41.4. The van der Waals surface area contributed by atoms with Crippen LogP contribution in [-0.4, -0.2) is 170 Å². The average Bonchev–Trinajstić information content (AvgIpc) is 0.714. The molecular formula is C44H24Na8O36S8. The van der Waals surface area contributed by atoms with Crippen molar-refractivity contribution >= 4 is 128 Å². The van der Waals surface area contributed by atoms with Crippen molar-refractivity contribution in [3.63, 3.8) is 0 Å². The van der Waals surface area contributed by atoms with Gasteiger partial charge < -0.3 is 59.1 Å². The van der Waals surface area contributed by atoms with E-state index in [0.717, 1.165) is 0 Å². The van der Waals surface area contributed by atoms with Gasteiger partial charge in [-0.25, -0.2) is 33.7 Å². The fourth-order valence-corrected chi connectivity index (χ4v) is 17.4. The Labute approximate surface area is 717 Å². The second-order valence-electron chi connectivity index (χ2n) is 19.8. The van der Waals surface area contributed by atoms with Gasteiger partial charge in [-0.2, -0.15) is 33.7 Å². The van der Waals surface area contributed by atoms with Gasteiger partial charge >= 0.3 is 236 Å². The smallest absolute Gasteiger partial charge is 0.872 e. The van der Waals surface area contributed by atoms with Crippen LogP contribution in [0.5, 0.6) is 23.0 Å². The Balaban J connectivity index is 0.00000576. The molecule has 4 aromatic rings. The molecule has 8 N–H and O–H groups in total. The second kappa shape index (κ2) is 30.2. The zero-order chi connectivity index (χ0) is 66.7. The average molecular weight is 1570 g/mol. The first-order chi connectivity index (χ1) is 39.5. The largest absolute Gasteiger partial charge is 1.00 e. The Morgan fingerprint density at radius 2 is 0.490 bits per heavy atom. The third kappa shape index (κ3) is 15.9. The molecule has 0 saturated carbocycles. The molecule has 0 aromatic heterocycles. The topological polar surface area (TPSA) is 688 Å². The van der Waals surface area contributed by atoms with Gasteiger partial charge in [-0.1, -0.05) is 23.0 Å². The Bertz CT molecular complexity index is 5290. The van der Waals surface area contributed by atoms with E-state index >= 15 is 0 Å². The molecule has 5 aliphatic carbocycles. The minimum Gasteiger partial charge on any atom is -0.872 e. The van der Waals surface area contributed by atoms with Crippen LogP contribution in [0.2, 0.25) is 0 Å². The van der Waals surface area contributed by atoms with Gasteiger partial charge in [0.15, 0.2) is 45.5 Å². The number of ketones is 4. The minimum absolute atomic E-state index is 0. The van der Waals surface area contributed by atoms with Crippen molar-refractivity contribution in [3.05, 3.63) is 111 Å². The molecule has 9 rings (SSSR count). The van der Waals surface area contributed by atoms with Crippen LogP contribution in [-0.2, 0) is 100 Å². The molecule has 36 nitrogen and oxygen atoms in total. The van der Waals surface area contributed by atoms with Crippen molar-refractivity contribution in [1.29, 1.82) is 0 Å². The Morgan fingerprint density at radius 3 is 0.688 bits per heavy atom. The van der Waals surface area contributed by atoms with Crippen LogP contribution in [0.3, 0.4) is 0 Å². The molecule has 0 amide bonds. The van der Waals surface area contributed by atoms with Crippen LogP contribution in [0.25, 0.3) is 24.3 Å². The monoisotopic (exact) mass is 1570 g/mol. The van der Waals surface area contributed by atoms with E-state index in [4.69, 9.17) is 0 Å². The van der Waals surface area contributed by atoms with Crippen molar-refractivity contribution in [2.45, 2.75) is 67.7 Å². The van der Waals surface area contributed by atoms with Crippen molar-refractivity contribution in [1.82, 2.24) is 0 Å². The number of hydrogen-bond donors (Lipinski definition) is 8. The molecule has 96 heavy (non-hydrogen) atoms. The normalized spacial score (nSPS) is 21.6. The zero-order valence-corrected chi connectivity index (χ0v) is 72.3. The van der Waals surface area contributed by atoms with Crippen molar-refractivity contribution in [2.75, 3.05) is 0 Å². The van der Waals surface area contributed by atoms with Crippen molar-refractivity contribution in [3.8, 4) is 23.0 Å². The third-order valence-corrected chi connectivity index (χ3v) is 22.3. The zero-order valence-electron chi connectivity index (χ0n) is 49.7. The van der Waals surface area contributed by atoms with Gasteiger partial charge in [-0.3, -0.25) is 37.4 Å². The van der Waals surface area contributed by atoms with Crippen LogP contribution in [0.4, 0.5) is 0 Å². The molecule has 0 heterocycles. The molecule has 4 aromatic carbocycles. The summed E-state index contributed by atoms with van der Waals surface area (Å²) in [7, 11) is -52.1. The van der Waals surface area contributed by atoms with Gasteiger partial charge in [0.05, 0.1) is 19.6 Å². The van der Waals surface area contributed by atoms with Gasteiger partial charge in [0.25, 0.3) is 40.5 Å². The summed E-state index contributed by atoms with van der Waals surface area (Å²) in [5, 5.41) is 108. The van der Waals surface area contributed by atoms with E-state index in [1.54, 1.807) is 0 Å². The van der Waals surface area contributed by atoms with Gasteiger partial charge in [0.2, 0.25) is 0 Å². The first-order valence-corrected chi connectivity index (χ1v) is 34.1. The summed E-state index contributed by atoms with van der Waals surface area (Å²) in [6.45, 7) is 0. The number of rotatable bonds is 8. The van der Waals surface area contributed by atoms with Crippen LogP contribution in [0, 0.1) is 0 Å². The van der Waals surface area contributed by atoms with Crippen LogP contribution < -0.4 is 257 Å². The van der Waals surface area contributed by atoms with Gasteiger partial charge in [0.1, 0.15) is 60.1 Å². The third-order valence-electron chi connectivity index (χ3n) is 14.6.